The third-order valence-corrected chi connectivity index (χ3v) is 4.82. The van der Waals surface area contributed by atoms with Gasteiger partial charge in [0.25, 0.3) is 0 Å². The average molecular weight is 287 g/mol. The van der Waals surface area contributed by atoms with Gasteiger partial charge in [-0.3, -0.25) is 9.59 Å². The van der Waals surface area contributed by atoms with Crippen LogP contribution in [0.3, 0.4) is 0 Å². The molecule has 3 rings (SSSR count). The number of aryl methyl sites for hydroxylation is 2. The quantitative estimate of drug-likeness (QED) is 0.910. The van der Waals surface area contributed by atoms with Gasteiger partial charge in [0.1, 0.15) is 0 Å². The van der Waals surface area contributed by atoms with Crippen molar-refractivity contribution in [3.63, 3.8) is 0 Å². The maximum Gasteiger partial charge on any atom is 0.306 e. The summed E-state index contributed by atoms with van der Waals surface area (Å²) in [7, 11) is 0. The number of carbonyl (C=O) groups is 2. The number of aliphatic carboxylic acids is 1. The van der Waals surface area contributed by atoms with Crippen molar-refractivity contribution in [3.05, 3.63) is 29.3 Å². The predicted molar refractivity (Wildman–Crippen MR) is 80.3 cm³/mol. The lowest BCUT2D eigenvalue weighted by Gasteiger charge is -2.33. The first-order valence-corrected chi connectivity index (χ1v) is 7.70. The molecule has 2 aliphatic rings. The Morgan fingerprint density at radius 2 is 2.00 bits per heavy atom. The minimum atomic E-state index is -0.763. The maximum atomic E-state index is 12.8. The number of fused-ring (bicyclic) bond motifs is 1. The molecule has 0 radical (unpaired) electrons. The molecule has 0 bridgehead atoms. The number of nitrogens with zero attached hydrogens (tertiary/aromatic N) is 1. The van der Waals surface area contributed by atoms with Gasteiger partial charge in [0.2, 0.25) is 5.91 Å². The van der Waals surface area contributed by atoms with Crippen LogP contribution < -0.4 is 4.90 Å². The molecule has 2 unspecified atom stereocenters. The molecule has 1 saturated carbocycles. The van der Waals surface area contributed by atoms with Crippen LogP contribution in [0, 0.1) is 18.8 Å². The third kappa shape index (κ3) is 2.55. The highest BCUT2D eigenvalue weighted by atomic mass is 16.4. The standard InChI is InChI=1S/C17H21NO3/c1-11-4-2-5-12-6-3-9-18(15(11)12)16(19)13-7-8-14(10-13)17(20)21/h2,4-5,13-14H,3,6-10H2,1H3,(H,20,21). The number of hydrogen-bond donors (Lipinski definition) is 1. The van der Waals surface area contributed by atoms with E-state index in [9.17, 15) is 9.59 Å². The first kappa shape index (κ1) is 14.1. The second-order valence-corrected chi connectivity index (χ2v) is 6.22. The van der Waals surface area contributed by atoms with Crippen LogP contribution in [0.5, 0.6) is 0 Å². The molecule has 1 N–H and O–H groups in total. The lowest BCUT2D eigenvalue weighted by molar-refractivity contribution is -0.141. The number of amides is 1. The molecule has 1 aromatic rings. The number of anilines is 1. The van der Waals surface area contributed by atoms with E-state index in [4.69, 9.17) is 5.11 Å². The maximum absolute atomic E-state index is 12.8. The second-order valence-electron chi connectivity index (χ2n) is 6.22. The zero-order valence-corrected chi connectivity index (χ0v) is 12.3. The smallest absolute Gasteiger partial charge is 0.306 e. The topological polar surface area (TPSA) is 57.6 Å². The Morgan fingerprint density at radius 1 is 1.24 bits per heavy atom. The molecule has 1 aromatic carbocycles. The monoisotopic (exact) mass is 287 g/mol. The number of carboxylic acid groups (broad SMARTS) is 1. The van der Waals surface area contributed by atoms with Crippen molar-refractivity contribution >= 4 is 17.6 Å². The molecule has 1 fully saturated rings. The van der Waals surface area contributed by atoms with Gasteiger partial charge in [0.15, 0.2) is 0 Å². The summed E-state index contributed by atoms with van der Waals surface area (Å²) in [6, 6.07) is 6.17. The highest BCUT2D eigenvalue weighted by Gasteiger charge is 2.37. The molecule has 4 heteroatoms. The molecule has 2 atom stereocenters. The summed E-state index contributed by atoms with van der Waals surface area (Å²) >= 11 is 0. The van der Waals surface area contributed by atoms with Gasteiger partial charge in [0.05, 0.1) is 5.92 Å². The van der Waals surface area contributed by atoms with E-state index in [1.807, 2.05) is 24.0 Å². The van der Waals surface area contributed by atoms with Crippen molar-refractivity contribution in [2.45, 2.75) is 39.0 Å². The first-order chi connectivity index (χ1) is 10.1. The Morgan fingerprint density at radius 3 is 2.71 bits per heavy atom. The summed E-state index contributed by atoms with van der Waals surface area (Å²) in [5.41, 5.74) is 3.43. The minimum Gasteiger partial charge on any atom is -0.481 e. The zero-order valence-electron chi connectivity index (χ0n) is 12.3. The normalized spacial score (nSPS) is 24.7. The molecule has 0 aromatic heterocycles. The Labute approximate surface area is 124 Å². The Bertz CT molecular complexity index is 581. The van der Waals surface area contributed by atoms with Gasteiger partial charge < -0.3 is 10.0 Å². The van der Waals surface area contributed by atoms with Crippen molar-refractivity contribution in [3.8, 4) is 0 Å². The third-order valence-electron chi connectivity index (χ3n) is 4.82. The van der Waals surface area contributed by atoms with Gasteiger partial charge in [-0.1, -0.05) is 18.2 Å². The predicted octanol–water partition coefficient (Wildman–Crippen LogP) is 2.78. The molecule has 1 amide bonds. The van der Waals surface area contributed by atoms with Crippen molar-refractivity contribution in [2.24, 2.45) is 11.8 Å². The fraction of sp³-hybridized carbons (Fsp3) is 0.529. The lowest BCUT2D eigenvalue weighted by Crippen LogP contribution is -2.39. The molecule has 1 aliphatic carbocycles. The van der Waals surface area contributed by atoms with Crippen LogP contribution in [-0.4, -0.2) is 23.5 Å². The first-order valence-electron chi connectivity index (χ1n) is 7.70. The fourth-order valence-electron chi connectivity index (χ4n) is 3.72. The van der Waals surface area contributed by atoms with E-state index in [-0.39, 0.29) is 17.7 Å². The summed E-state index contributed by atoms with van der Waals surface area (Å²) in [5.74, 6) is -1.12. The Kier molecular flexibility index (Phi) is 3.70. The largest absolute Gasteiger partial charge is 0.481 e. The van der Waals surface area contributed by atoms with Crippen LogP contribution in [0.2, 0.25) is 0 Å². The summed E-state index contributed by atoms with van der Waals surface area (Å²) in [6.45, 7) is 2.80. The Balaban J connectivity index is 1.83. The fourth-order valence-corrected chi connectivity index (χ4v) is 3.72. The van der Waals surface area contributed by atoms with Crippen molar-refractivity contribution in [2.75, 3.05) is 11.4 Å². The van der Waals surface area contributed by atoms with E-state index in [1.165, 1.54) is 5.56 Å². The van der Waals surface area contributed by atoms with Crippen LogP contribution in [0.25, 0.3) is 0 Å². The Hall–Kier alpha value is -1.84. The average Bonchev–Trinajstić information content (AvgIpc) is 2.96. The molecule has 112 valence electrons. The summed E-state index contributed by atoms with van der Waals surface area (Å²) in [4.78, 5) is 25.8. The van der Waals surface area contributed by atoms with Crippen molar-refractivity contribution < 1.29 is 14.7 Å². The highest BCUT2D eigenvalue weighted by molar-refractivity contribution is 5.97. The number of benzene rings is 1. The molecule has 21 heavy (non-hydrogen) atoms. The van der Waals surface area contributed by atoms with Gasteiger partial charge in [0, 0.05) is 18.2 Å². The van der Waals surface area contributed by atoms with E-state index in [0.29, 0.717) is 19.3 Å². The van der Waals surface area contributed by atoms with E-state index in [2.05, 4.69) is 6.07 Å². The van der Waals surface area contributed by atoms with E-state index < -0.39 is 5.97 Å². The SMILES string of the molecule is Cc1cccc2c1N(C(=O)C1CCC(C(=O)O)C1)CCC2. The molecule has 0 spiro atoms. The second kappa shape index (κ2) is 5.51. The van der Waals surface area contributed by atoms with Gasteiger partial charge in [-0.2, -0.15) is 0 Å². The van der Waals surface area contributed by atoms with Crippen LogP contribution in [-0.2, 0) is 16.0 Å². The number of carbonyl (C=O) groups excluding carboxylic acids is 1. The van der Waals surface area contributed by atoms with E-state index in [1.54, 1.807) is 0 Å². The summed E-state index contributed by atoms with van der Waals surface area (Å²) < 4.78 is 0. The number of rotatable bonds is 2. The van der Waals surface area contributed by atoms with Crippen LogP contribution in [0.1, 0.15) is 36.8 Å². The van der Waals surface area contributed by atoms with Gasteiger partial charge in [-0.25, -0.2) is 0 Å². The molecule has 1 aliphatic heterocycles. The number of hydrogen-bond acceptors (Lipinski definition) is 2. The van der Waals surface area contributed by atoms with Crippen LogP contribution in [0.4, 0.5) is 5.69 Å². The highest BCUT2D eigenvalue weighted by Crippen LogP contribution is 2.36. The summed E-state index contributed by atoms with van der Waals surface area (Å²) in [5, 5.41) is 9.10. The molecule has 1 heterocycles. The lowest BCUT2D eigenvalue weighted by atomic mass is 9.95. The minimum absolute atomic E-state index is 0.119. The molecule has 0 saturated heterocycles. The van der Waals surface area contributed by atoms with E-state index >= 15 is 0 Å². The van der Waals surface area contributed by atoms with Crippen molar-refractivity contribution in [1.82, 2.24) is 0 Å². The van der Waals surface area contributed by atoms with Gasteiger partial charge in [-0.05, 0) is 50.2 Å². The van der Waals surface area contributed by atoms with Gasteiger partial charge >= 0.3 is 5.97 Å². The van der Waals surface area contributed by atoms with Gasteiger partial charge in [-0.15, -0.1) is 0 Å². The number of para-hydroxylation sites is 1. The molecular weight excluding hydrogens is 266 g/mol. The summed E-state index contributed by atoms with van der Waals surface area (Å²) in [6.07, 6.45) is 3.82. The zero-order chi connectivity index (χ0) is 15.0. The van der Waals surface area contributed by atoms with E-state index in [0.717, 1.165) is 30.6 Å². The van der Waals surface area contributed by atoms with Crippen LogP contribution in [0.15, 0.2) is 18.2 Å². The molecule has 4 nitrogen and oxygen atoms in total. The molecular formula is C17H21NO3. The van der Waals surface area contributed by atoms with Crippen molar-refractivity contribution in [1.29, 1.82) is 0 Å². The van der Waals surface area contributed by atoms with Crippen LogP contribution >= 0.6 is 0 Å². The number of carboxylic acids is 1.